The summed E-state index contributed by atoms with van der Waals surface area (Å²) >= 11 is 0. The van der Waals surface area contributed by atoms with Gasteiger partial charge in [-0.05, 0) is 30.4 Å². The van der Waals surface area contributed by atoms with Gasteiger partial charge in [-0.2, -0.15) is 0 Å². The minimum absolute atomic E-state index is 0.0214. The highest BCUT2D eigenvalue weighted by Gasteiger charge is 2.24. The fraction of sp³-hybridized carbons (Fsp3) is 0.706. The first-order valence-electron chi connectivity index (χ1n) is 8.43. The molecule has 0 spiro atoms. The summed E-state index contributed by atoms with van der Waals surface area (Å²) in [4.78, 5) is 16.7. The van der Waals surface area contributed by atoms with Crippen LogP contribution in [0.2, 0.25) is 0 Å². The number of hydrogen-bond donors (Lipinski definition) is 1. The number of hydrogen-bond acceptors (Lipinski definition) is 4. The maximum absolute atomic E-state index is 12.4. The van der Waals surface area contributed by atoms with Gasteiger partial charge in [0.2, 0.25) is 0 Å². The van der Waals surface area contributed by atoms with Gasteiger partial charge < -0.3 is 14.6 Å². The molecule has 0 radical (unpaired) electrons. The van der Waals surface area contributed by atoms with Gasteiger partial charge in [0.1, 0.15) is 5.76 Å². The Labute approximate surface area is 132 Å². The molecule has 0 aromatic carbocycles. The molecule has 0 aliphatic carbocycles. The second kappa shape index (κ2) is 6.84. The van der Waals surface area contributed by atoms with Crippen LogP contribution >= 0.6 is 0 Å². The van der Waals surface area contributed by atoms with Crippen molar-refractivity contribution in [3.05, 3.63) is 23.7 Å². The van der Waals surface area contributed by atoms with Crippen molar-refractivity contribution >= 4 is 5.91 Å². The quantitative estimate of drug-likeness (QED) is 0.925. The monoisotopic (exact) mass is 305 g/mol. The number of rotatable bonds is 3. The van der Waals surface area contributed by atoms with Crippen LogP contribution < -0.4 is 5.32 Å². The first-order valence-corrected chi connectivity index (χ1v) is 8.43. The molecule has 2 fully saturated rings. The average Bonchev–Trinajstić information content (AvgIpc) is 2.95. The molecule has 0 bridgehead atoms. The number of likely N-dealkylation sites (tertiary alicyclic amines) is 1. The van der Waals surface area contributed by atoms with Crippen molar-refractivity contribution in [3.8, 4) is 0 Å². The summed E-state index contributed by atoms with van der Waals surface area (Å²) in [6, 6.07) is 3.79. The van der Waals surface area contributed by atoms with E-state index >= 15 is 0 Å². The summed E-state index contributed by atoms with van der Waals surface area (Å²) in [6.07, 6.45) is 1.31. The zero-order valence-corrected chi connectivity index (χ0v) is 13.7. The molecule has 1 aromatic rings. The lowest BCUT2D eigenvalue weighted by Gasteiger charge is -2.34. The standard InChI is InChI=1S/C17H27N3O2/c1-13-9-14(2)11-19(10-13)12-15-3-4-16(22-15)17(21)20-7-5-18-6-8-20/h3-4,13-14,18H,5-12H2,1-2H3. The van der Waals surface area contributed by atoms with Crippen LogP contribution in [0.3, 0.4) is 0 Å². The Bertz CT molecular complexity index is 498. The van der Waals surface area contributed by atoms with Gasteiger partial charge in [-0.3, -0.25) is 9.69 Å². The molecule has 2 saturated heterocycles. The average molecular weight is 305 g/mol. The molecule has 1 aromatic heterocycles. The Kier molecular flexibility index (Phi) is 4.84. The van der Waals surface area contributed by atoms with Crippen LogP contribution in [0.1, 0.15) is 36.6 Å². The Morgan fingerprint density at radius 1 is 1.23 bits per heavy atom. The van der Waals surface area contributed by atoms with E-state index in [-0.39, 0.29) is 5.91 Å². The number of piperazine rings is 1. The Morgan fingerprint density at radius 2 is 1.91 bits per heavy atom. The third-order valence-corrected chi connectivity index (χ3v) is 4.60. The van der Waals surface area contributed by atoms with Crippen molar-refractivity contribution in [3.63, 3.8) is 0 Å². The molecule has 1 N–H and O–H groups in total. The van der Waals surface area contributed by atoms with Gasteiger partial charge in [-0.25, -0.2) is 0 Å². The summed E-state index contributed by atoms with van der Waals surface area (Å²) < 4.78 is 5.82. The molecule has 2 aliphatic heterocycles. The van der Waals surface area contributed by atoms with Crippen molar-refractivity contribution in [1.82, 2.24) is 15.1 Å². The summed E-state index contributed by atoms with van der Waals surface area (Å²) in [6.45, 7) is 10.9. The zero-order valence-electron chi connectivity index (χ0n) is 13.7. The molecule has 2 aliphatic rings. The normalized spacial score (nSPS) is 27.1. The third kappa shape index (κ3) is 3.70. The molecular weight excluding hydrogens is 278 g/mol. The number of nitrogens with zero attached hydrogens (tertiary/aromatic N) is 2. The van der Waals surface area contributed by atoms with Crippen LogP contribution in [0.5, 0.6) is 0 Å². The molecule has 5 nitrogen and oxygen atoms in total. The second-order valence-electron chi connectivity index (χ2n) is 6.95. The third-order valence-electron chi connectivity index (χ3n) is 4.60. The van der Waals surface area contributed by atoms with Gasteiger partial charge in [0.25, 0.3) is 5.91 Å². The predicted molar refractivity (Wildman–Crippen MR) is 85.7 cm³/mol. The number of furan rings is 1. The van der Waals surface area contributed by atoms with E-state index in [0.717, 1.165) is 63.4 Å². The maximum atomic E-state index is 12.4. The number of nitrogens with one attached hydrogen (secondary N) is 1. The van der Waals surface area contributed by atoms with Crippen LogP contribution in [-0.2, 0) is 6.54 Å². The number of piperidine rings is 1. The molecule has 22 heavy (non-hydrogen) atoms. The zero-order chi connectivity index (χ0) is 15.5. The van der Waals surface area contributed by atoms with Crippen LogP contribution in [0, 0.1) is 11.8 Å². The van der Waals surface area contributed by atoms with Gasteiger partial charge in [0, 0.05) is 39.3 Å². The minimum Gasteiger partial charge on any atom is -0.455 e. The van der Waals surface area contributed by atoms with E-state index in [2.05, 4.69) is 24.1 Å². The lowest BCUT2D eigenvalue weighted by atomic mass is 9.92. The van der Waals surface area contributed by atoms with E-state index in [1.165, 1.54) is 6.42 Å². The molecule has 0 saturated carbocycles. The Morgan fingerprint density at radius 3 is 2.59 bits per heavy atom. The summed E-state index contributed by atoms with van der Waals surface area (Å²) in [5.41, 5.74) is 0. The Balaban J connectivity index is 1.59. The van der Waals surface area contributed by atoms with E-state index < -0.39 is 0 Å². The van der Waals surface area contributed by atoms with Crippen molar-refractivity contribution in [2.45, 2.75) is 26.8 Å². The first kappa shape index (κ1) is 15.6. The minimum atomic E-state index is 0.0214. The Hall–Kier alpha value is -1.33. The van der Waals surface area contributed by atoms with Crippen molar-refractivity contribution in [2.75, 3.05) is 39.3 Å². The fourth-order valence-corrected chi connectivity index (χ4v) is 3.74. The molecule has 3 heterocycles. The van der Waals surface area contributed by atoms with Crippen LogP contribution in [0.15, 0.2) is 16.5 Å². The van der Waals surface area contributed by atoms with Crippen LogP contribution in [0.4, 0.5) is 0 Å². The van der Waals surface area contributed by atoms with E-state index in [9.17, 15) is 4.79 Å². The second-order valence-corrected chi connectivity index (χ2v) is 6.95. The molecule has 2 atom stereocenters. The van der Waals surface area contributed by atoms with Gasteiger partial charge in [-0.1, -0.05) is 13.8 Å². The van der Waals surface area contributed by atoms with E-state index in [0.29, 0.717) is 5.76 Å². The molecule has 5 heteroatoms. The molecule has 2 unspecified atom stereocenters. The van der Waals surface area contributed by atoms with Crippen molar-refractivity contribution in [2.24, 2.45) is 11.8 Å². The highest BCUT2D eigenvalue weighted by atomic mass is 16.4. The van der Waals surface area contributed by atoms with Gasteiger partial charge in [0.15, 0.2) is 5.76 Å². The van der Waals surface area contributed by atoms with E-state index in [4.69, 9.17) is 4.42 Å². The number of carbonyl (C=O) groups excluding carboxylic acids is 1. The number of amides is 1. The van der Waals surface area contributed by atoms with Crippen LogP contribution in [0.25, 0.3) is 0 Å². The van der Waals surface area contributed by atoms with Gasteiger partial charge >= 0.3 is 0 Å². The number of carbonyl (C=O) groups is 1. The smallest absolute Gasteiger partial charge is 0.289 e. The highest BCUT2D eigenvalue weighted by Crippen LogP contribution is 2.23. The lowest BCUT2D eigenvalue weighted by Crippen LogP contribution is -2.46. The maximum Gasteiger partial charge on any atom is 0.289 e. The fourth-order valence-electron chi connectivity index (χ4n) is 3.74. The summed E-state index contributed by atoms with van der Waals surface area (Å²) in [5.74, 6) is 2.88. The molecule has 1 amide bonds. The summed E-state index contributed by atoms with van der Waals surface area (Å²) in [7, 11) is 0. The molecule has 122 valence electrons. The van der Waals surface area contributed by atoms with Crippen molar-refractivity contribution < 1.29 is 9.21 Å². The topological polar surface area (TPSA) is 48.7 Å². The largest absolute Gasteiger partial charge is 0.455 e. The predicted octanol–water partition coefficient (Wildman–Crippen LogP) is 1.80. The van der Waals surface area contributed by atoms with E-state index in [1.807, 2.05) is 17.0 Å². The first-order chi connectivity index (χ1) is 10.6. The van der Waals surface area contributed by atoms with Crippen molar-refractivity contribution in [1.29, 1.82) is 0 Å². The van der Waals surface area contributed by atoms with Crippen LogP contribution in [-0.4, -0.2) is 55.0 Å². The highest BCUT2D eigenvalue weighted by molar-refractivity contribution is 5.91. The SMILES string of the molecule is CC1CC(C)CN(Cc2ccc(C(=O)N3CCNCC3)o2)C1. The van der Waals surface area contributed by atoms with Gasteiger partial charge in [-0.15, -0.1) is 0 Å². The lowest BCUT2D eigenvalue weighted by molar-refractivity contribution is 0.0696. The summed E-state index contributed by atoms with van der Waals surface area (Å²) in [5, 5.41) is 3.26. The van der Waals surface area contributed by atoms with E-state index in [1.54, 1.807) is 0 Å². The molecular formula is C17H27N3O2. The molecule has 3 rings (SSSR count). The van der Waals surface area contributed by atoms with Gasteiger partial charge in [0.05, 0.1) is 6.54 Å².